The van der Waals surface area contributed by atoms with Crippen molar-refractivity contribution in [1.29, 1.82) is 0 Å². The molecule has 0 radical (unpaired) electrons. The van der Waals surface area contributed by atoms with Gasteiger partial charge in [-0.2, -0.15) is 0 Å². The first-order valence-electron chi connectivity index (χ1n) is 8.38. The molecule has 10 nitrogen and oxygen atoms in total. The summed E-state index contributed by atoms with van der Waals surface area (Å²) in [6.07, 6.45) is -2.09. The van der Waals surface area contributed by atoms with Crippen LogP contribution in [0.3, 0.4) is 0 Å². The highest BCUT2D eigenvalue weighted by Crippen LogP contribution is 2.25. The van der Waals surface area contributed by atoms with Crippen LogP contribution in [0, 0.1) is 10.1 Å². The average Bonchev–Trinajstić information content (AvgIpc) is 2.70. The Morgan fingerprint density at radius 2 is 1.55 bits per heavy atom. The highest BCUT2D eigenvalue weighted by atomic mass is 16.7. The van der Waals surface area contributed by atoms with Crippen LogP contribution in [0.1, 0.15) is 24.0 Å². The van der Waals surface area contributed by atoms with Crippen LogP contribution < -0.4 is 4.74 Å². The minimum Gasteiger partial charge on any atom is -0.461 e. The molecular formula is C19H17NO9. The minimum absolute atomic E-state index is 0.00149. The van der Waals surface area contributed by atoms with E-state index in [1.165, 1.54) is 0 Å². The molecule has 0 saturated carbocycles. The van der Waals surface area contributed by atoms with Crippen LogP contribution in [0.2, 0.25) is 0 Å². The summed E-state index contributed by atoms with van der Waals surface area (Å²) in [5.41, 5.74) is 0.486. The standard InChI is InChI=1S/C19H17NO9/c21-17(27-11-13-4-2-1-3-5-13)8-9-18(22)28-12-14-10-15(20(25)26)6-7-16(14)29-19(23)24/h1-7,10H,8-9,11-12H2,(H,23,24). The number of carbonyl (C=O) groups excluding carboxylic acids is 2. The van der Waals surface area contributed by atoms with E-state index in [9.17, 15) is 24.5 Å². The van der Waals surface area contributed by atoms with Crippen molar-refractivity contribution in [2.24, 2.45) is 0 Å². The largest absolute Gasteiger partial charge is 0.511 e. The van der Waals surface area contributed by atoms with Gasteiger partial charge in [-0.1, -0.05) is 30.3 Å². The number of rotatable bonds is 9. The molecule has 0 spiro atoms. The molecule has 152 valence electrons. The predicted octanol–water partition coefficient (Wildman–Crippen LogP) is 3.22. The van der Waals surface area contributed by atoms with E-state index in [2.05, 4.69) is 4.74 Å². The van der Waals surface area contributed by atoms with Crippen molar-refractivity contribution >= 4 is 23.8 Å². The summed E-state index contributed by atoms with van der Waals surface area (Å²) in [4.78, 5) is 44.4. The van der Waals surface area contributed by atoms with E-state index in [0.717, 1.165) is 23.8 Å². The van der Waals surface area contributed by atoms with E-state index in [4.69, 9.17) is 14.6 Å². The number of ether oxygens (including phenoxy) is 3. The zero-order chi connectivity index (χ0) is 21.2. The third-order valence-corrected chi connectivity index (χ3v) is 3.62. The van der Waals surface area contributed by atoms with Crippen molar-refractivity contribution in [1.82, 2.24) is 0 Å². The van der Waals surface area contributed by atoms with Gasteiger partial charge in [-0.25, -0.2) is 4.79 Å². The normalized spacial score (nSPS) is 10.1. The summed E-state index contributed by atoms with van der Waals surface area (Å²) >= 11 is 0. The third kappa shape index (κ3) is 7.29. The van der Waals surface area contributed by atoms with Crippen molar-refractivity contribution in [2.45, 2.75) is 26.1 Å². The molecule has 0 aromatic heterocycles. The van der Waals surface area contributed by atoms with Gasteiger partial charge >= 0.3 is 18.1 Å². The zero-order valence-electron chi connectivity index (χ0n) is 15.1. The summed E-state index contributed by atoms with van der Waals surface area (Å²) in [5.74, 6) is -1.54. The number of carboxylic acid groups (broad SMARTS) is 1. The number of hydrogen-bond acceptors (Lipinski definition) is 8. The summed E-state index contributed by atoms with van der Waals surface area (Å²) in [6.45, 7) is -0.375. The van der Waals surface area contributed by atoms with Crippen LogP contribution in [0.15, 0.2) is 48.5 Å². The van der Waals surface area contributed by atoms with Gasteiger partial charge in [0.2, 0.25) is 0 Å². The van der Waals surface area contributed by atoms with Gasteiger partial charge in [0, 0.05) is 17.7 Å². The Balaban J connectivity index is 1.84. The number of esters is 2. The third-order valence-electron chi connectivity index (χ3n) is 3.62. The molecule has 0 unspecified atom stereocenters. The van der Waals surface area contributed by atoms with E-state index in [-0.39, 0.29) is 36.4 Å². The lowest BCUT2D eigenvalue weighted by Gasteiger charge is -2.09. The number of non-ortho nitro benzene ring substituents is 1. The fourth-order valence-corrected chi connectivity index (χ4v) is 2.23. The molecule has 0 aliphatic rings. The molecule has 2 rings (SSSR count). The van der Waals surface area contributed by atoms with Gasteiger partial charge in [-0.15, -0.1) is 0 Å². The molecule has 0 atom stereocenters. The van der Waals surface area contributed by atoms with Gasteiger partial charge in [-0.05, 0) is 11.6 Å². The molecule has 29 heavy (non-hydrogen) atoms. The first kappa shape index (κ1) is 21.4. The van der Waals surface area contributed by atoms with Crippen LogP contribution in [0.25, 0.3) is 0 Å². The summed E-state index contributed by atoms with van der Waals surface area (Å²) < 4.78 is 14.5. The Labute approximate surface area is 164 Å². The van der Waals surface area contributed by atoms with Crippen molar-refractivity contribution in [3.05, 3.63) is 69.8 Å². The maximum absolute atomic E-state index is 11.8. The van der Waals surface area contributed by atoms with E-state index in [1.54, 1.807) is 24.3 Å². The lowest BCUT2D eigenvalue weighted by atomic mass is 10.2. The quantitative estimate of drug-likeness (QED) is 0.289. The Morgan fingerprint density at radius 3 is 2.14 bits per heavy atom. The van der Waals surface area contributed by atoms with Crippen LogP contribution in [-0.2, 0) is 32.3 Å². The highest BCUT2D eigenvalue weighted by Gasteiger charge is 2.16. The Kier molecular flexibility index (Phi) is 7.66. The molecule has 0 aliphatic carbocycles. The van der Waals surface area contributed by atoms with E-state index >= 15 is 0 Å². The molecule has 2 aromatic rings. The van der Waals surface area contributed by atoms with Gasteiger partial charge in [-0.3, -0.25) is 19.7 Å². The fraction of sp³-hybridized carbons (Fsp3) is 0.211. The number of benzene rings is 2. The topological polar surface area (TPSA) is 142 Å². The van der Waals surface area contributed by atoms with E-state index in [1.807, 2.05) is 6.07 Å². The van der Waals surface area contributed by atoms with E-state index in [0.29, 0.717) is 0 Å². The second-order valence-corrected chi connectivity index (χ2v) is 5.72. The number of hydrogen-bond donors (Lipinski definition) is 1. The van der Waals surface area contributed by atoms with Gasteiger partial charge in [0.15, 0.2) is 0 Å². The molecule has 0 bridgehead atoms. The lowest BCUT2D eigenvalue weighted by molar-refractivity contribution is -0.385. The number of nitro benzene ring substituents is 1. The molecule has 10 heteroatoms. The highest BCUT2D eigenvalue weighted by molar-refractivity contribution is 5.77. The SMILES string of the molecule is O=C(O)Oc1ccc([N+](=O)[O-])cc1COC(=O)CCC(=O)OCc1ccccc1. The molecule has 0 heterocycles. The molecule has 2 aromatic carbocycles. The first-order valence-corrected chi connectivity index (χ1v) is 8.38. The Bertz CT molecular complexity index is 896. The van der Waals surface area contributed by atoms with Crippen molar-refractivity contribution in [3.63, 3.8) is 0 Å². The fourth-order valence-electron chi connectivity index (χ4n) is 2.23. The van der Waals surface area contributed by atoms with Gasteiger partial charge in [0.25, 0.3) is 5.69 Å². The number of carbonyl (C=O) groups is 3. The van der Waals surface area contributed by atoms with Crippen molar-refractivity contribution < 1.29 is 38.6 Å². The minimum atomic E-state index is -1.62. The number of nitrogens with zero attached hydrogens (tertiary/aromatic N) is 1. The maximum Gasteiger partial charge on any atom is 0.511 e. The predicted molar refractivity (Wildman–Crippen MR) is 97.0 cm³/mol. The molecule has 0 saturated heterocycles. The van der Waals surface area contributed by atoms with Gasteiger partial charge in [0.1, 0.15) is 19.0 Å². The smallest absolute Gasteiger partial charge is 0.461 e. The average molecular weight is 403 g/mol. The summed E-state index contributed by atoms with van der Waals surface area (Å²) in [5, 5.41) is 19.6. The van der Waals surface area contributed by atoms with Crippen LogP contribution in [0.4, 0.5) is 10.5 Å². The first-order chi connectivity index (χ1) is 13.8. The van der Waals surface area contributed by atoms with Crippen molar-refractivity contribution in [2.75, 3.05) is 0 Å². The molecule has 0 fully saturated rings. The van der Waals surface area contributed by atoms with Crippen molar-refractivity contribution in [3.8, 4) is 5.75 Å². The van der Waals surface area contributed by atoms with Crippen LogP contribution >= 0.6 is 0 Å². The van der Waals surface area contributed by atoms with Crippen LogP contribution in [-0.4, -0.2) is 28.1 Å². The number of nitro groups is 1. The van der Waals surface area contributed by atoms with E-state index < -0.39 is 29.6 Å². The molecule has 0 aliphatic heterocycles. The second kappa shape index (κ2) is 10.4. The molecular weight excluding hydrogens is 386 g/mol. The summed E-state index contributed by atoms with van der Waals surface area (Å²) in [7, 11) is 0. The maximum atomic E-state index is 11.8. The Morgan fingerprint density at radius 1 is 0.931 bits per heavy atom. The van der Waals surface area contributed by atoms with Gasteiger partial charge < -0.3 is 19.3 Å². The zero-order valence-corrected chi connectivity index (χ0v) is 15.1. The Hall–Kier alpha value is -3.95. The second-order valence-electron chi connectivity index (χ2n) is 5.72. The molecule has 0 amide bonds. The van der Waals surface area contributed by atoms with Crippen LogP contribution in [0.5, 0.6) is 5.75 Å². The molecule has 1 N–H and O–H groups in total. The summed E-state index contributed by atoms with van der Waals surface area (Å²) in [6, 6.07) is 12.2. The lowest BCUT2D eigenvalue weighted by Crippen LogP contribution is -2.11. The monoisotopic (exact) mass is 403 g/mol. The van der Waals surface area contributed by atoms with Gasteiger partial charge in [0.05, 0.1) is 17.8 Å².